The van der Waals surface area contributed by atoms with E-state index in [1.54, 1.807) is 0 Å². The van der Waals surface area contributed by atoms with Gasteiger partial charge in [-0.2, -0.15) is 9.97 Å². The van der Waals surface area contributed by atoms with Gasteiger partial charge in [0.1, 0.15) is 5.52 Å². The molecule has 0 aliphatic carbocycles. The Bertz CT molecular complexity index is 1430. The van der Waals surface area contributed by atoms with Gasteiger partial charge in [-0.3, -0.25) is 0 Å². The fourth-order valence-corrected chi connectivity index (χ4v) is 4.43. The highest BCUT2D eigenvalue weighted by molar-refractivity contribution is 5.85. The number of aromatic nitrogens is 4. The summed E-state index contributed by atoms with van der Waals surface area (Å²) in [5.41, 5.74) is 4.03. The van der Waals surface area contributed by atoms with Gasteiger partial charge in [-0.25, -0.2) is 4.98 Å². The molecular weight excluding hydrogens is 424 g/mol. The van der Waals surface area contributed by atoms with Gasteiger partial charge in [-0.05, 0) is 28.0 Å². The lowest BCUT2D eigenvalue weighted by Gasteiger charge is -2.27. The molecule has 3 aromatic carbocycles. The van der Waals surface area contributed by atoms with Crippen LogP contribution in [0.25, 0.3) is 21.9 Å². The number of fused-ring (bicyclic) bond motifs is 2. The van der Waals surface area contributed by atoms with Crippen LogP contribution in [-0.4, -0.2) is 45.8 Å². The molecule has 0 radical (unpaired) electrons. The average Bonchev–Trinajstić information content (AvgIpc) is 3.31. The first-order valence-electron chi connectivity index (χ1n) is 11.6. The fraction of sp³-hybridized carbons (Fsp3) is 0.222. The monoisotopic (exact) mass is 450 g/mol. The van der Waals surface area contributed by atoms with Gasteiger partial charge >= 0.3 is 0 Å². The first kappa shape index (κ1) is 20.6. The predicted octanol–water partition coefficient (Wildman–Crippen LogP) is 4.48. The quantitative estimate of drug-likeness (QED) is 0.412. The molecule has 6 rings (SSSR count). The number of morpholine rings is 1. The van der Waals surface area contributed by atoms with E-state index in [4.69, 9.17) is 14.7 Å². The highest BCUT2D eigenvalue weighted by Gasteiger charge is 2.19. The van der Waals surface area contributed by atoms with E-state index in [9.17, 15) is 0 Å². The third-order valence-corrected chi connectivity index (χ3v) is 6.22. The Hall–Kier alpha value is -3.97. The van der Waals surface area contributed by atoms with Gasteiger partial charge in [-0.1, -0.05) is 66.7 Å². The molecule has 5 aromatic rings. The second-order valence-corrected chi connectivity index (χ2v) is 8.54. The van der Waals surface area contributed by atoms with Crippen molar-refractivity contribution in [3.05, 3.63) is 90.3 Å². The topological polar surface area (TPSA) is 68.1 Å². The highest BCUT2D eigenvalue weighted by Crippen LogP contribution is 2.26. The first-order chi connectivity index (χ1) is 16.8. The number of benzene rings is 3. The molecule has 0 amide bonds. The molecule has 0 bridgehead atoms. The normalized spacial score (nSPS) is 14.1. The average molecular weight is 451 g/mol. The van der Waals surface area contributed by atoms with Crippen LogP contribution >= 0.6 is 0 Å². The lowest BCUT2D eigenvalue weighted by Crippen LogP contribution is -2.37. The number of hydrogen-bond acceptors (Lipinski definition) is 6. The van der Waals surface area contributed by atoms with Crippen LogP contribution < -0.4 is 10.2 Å². The molecule has 7 heteroatoms. The summed E-state index contributed by atoms with van der Waals surface area (Å²) in [7, 11) is 0. The van der Waals surface area contributed by atoms with Crippen molar-refractivity contribution in [1.29, 1.82) is 0 Å². The van der Waals surface area contributed by atoms with Crippen molar-refractivity contribution in [2.45, 2.75) is 13.1 Å². The van der Waals surface area contributed by atoms with Crippen LogP contribution in [0.1, 0.15) is 11.1 Å². The van der Waals surface area contributed by atoms with E-state index in [1.807, 2.05) is 12.4 Å². The number of anilines is 2. The molecule has 0 unspecified atom stereocenters. The Kier molecular flexibility index (Phi) is 5.53. The Morgan fingerprint density at radius 1 is 0.824 bits per heavy atom. The van der Waals surface area contributed by atoms with E-state index >= 15 is 0 Å². The highest BCUT2D eigenvalue weighted by atomic mass is 16.5. The predicted molar refractivity (Wildman–Crippen MR) is 135 cm³/mol. The van der Waals surface area contributed by atoms with Gasteiger partial charge in [-0.15, -0.1) is 0 Å². The van der Waals surface area contributed by atoms with Gasteiger partial charge < -0.3 is 19.5 Å². The summed E-state index contributed by atoms with van der Waals surface area (Å²) in [6, 6.07) is 25.4. The molecule has 2 aromatic heterocycles. The van der Waals surface area contributed by atoms with E-state index in [0.717, 1.165) is 24.4 Å². The number of nitrogens with zero attached hydrogens (tertiary/aromatic N) is 5. The zero-order chi connectivity index (χ0) is 22.7. The van der Waals surface area contributed by atoms with Crippen molar-refractivity contribution in [3.8, 4) is 0 Å². The van der Waals surface area contributed by atoms with Crippen LogP contribution in [0.4, 0.5) is 11.8 Å². The minimum absolute atomic E-state index is 0.677. The van der Waals surface area contributed by atoms with Crippen molar-refractivity contribution < 1.29 is 4.74 Å². The molecule has 0 spiro atoms. The summed E-state index contributed by atoms with van der Waals surface area (Å²) in [6.07, 6.45) is 1.87. The third kappa shape index (κ3) is 4.18. The van der Waals surface area contributed by atoms with Crippen molar-refractivity contribution >= 4 is 33.7 Å². The number of rotatable bonds is 6. The summed E-state index contributed by atoms with van der Waals surface area (Å²) >= 11 is 0. The van der Waals surface area contributed by atoms with Crippen LogP contribution in [0.5, 0.6) is 0 Å². The van der Waals surface area contributed by atoms with Crippen molar-refractivity contribution in [2.24, 2.45) is 0 Å². The fourth-order valence-electron chi connectivity index (χ4n) is 4.43. The zero-order valence-electron chi connectivity index (χ0n) is 18.9. The standard InChI is InChI=1S/C27H26N6O/c1-2-6-20(7-3-1)17-28-25-24-26(31-27(30-25)32-12-14-34-15-13-32)29-19-33(24)18-21-10-11-22-8-4-5-9-23(22)16-21/h1-11,16,19H,12-15,17-18H2,(H,28,30,31). The Labute approximate surface area is 198 Å². The van der Waals surface area contributed by atoms with Crippen LogP contribution in [0.2, 0.25) is 0 Å². The smallest absolute Gasteiger partial charge is 0.229 e. The van der Waals surface area contributed by atoms with Crippen molar-refractivity contribution in [1.82, 2.24) is 19.5 Å². The second kappa shape index (κ2) is 9.11. The number of imidazole rings is 1. The van der Waals surface area contributed by atoms with Gasteiger partial charge in [0.15, 0.2) is 11.5 Å². The lowest BCUT2D eigenvalue weighted by atomic mass is 10.1. The largest absolute Gasteiger partial charge is 0.378 e. The van der Waals surface area contributed by atoms with Gasteiger partial charge in [0.25, 0.3) is 0 Å². The Morgan fingerprint density at radius 2 is 1.62 bits per heavy atom. The molecule has 1 N–H and O–H groups in total. The molecule has 0 saturated carbocycles. The lowest BCUT2D eigenvalue weighted by molar-refractivity contribution is 0.122. The molecule has 3 heterocycles. The van der Waals surface area contributed by atoms with E-state index in [-0.39, 0.29) is 0 Å². The summed E-state index contributed by atoms with van der Waals surface area (Å²) in [5.74, 6) is 1.50. The van der Waals surface area contributed by atoms with E-state index in [2.05, 4.69) is 86.5 Å². The maximum Gasteiger partial charge on any atom is 0.229 e. The summed E-state index contributed by atoms with van der Waals surface area (Å²) in [5, 5.41) is 6.03. The van der Waals surface area contributed by atoms with Crippen LogP contribution in [0, 0.1) is 0 Å². The summed E-state index contributed by atoms with van der Waals surface area (Å²) < 4.78 is 7.65. The number of hydrogen-bond donors (Lipinski definition) is 1. The molecule has 1 aliphatic heterocycles. The molecule has 1 aliphatic rings. The molecule has 7 nitrogen and oxygen atoms in total. The van der Waals surface area contributed by atoms with E-state index in [1.165, 1.54) is 21.9 Å². The zero-order valence-corrected chi connectivity index (χ0v) is 18.9. The minimum atomic E-state index is 0.677. The first-order valence-corrected chi connectivity index (χ1v) is 11.6. The Morgan fingerprint density at radius 3 is 2.47 bits per heavy atom. The molecule has 0 atom stereocenters. The summed E-state index contributed by atoms with van der Waals surface area (Å²) in [6.45, 7) is 4.30. The van der Waals surface area contributed by atoms with Gasteiger partial charge in [0, 0.05) is 26.2 Å². The van der Waals surface area contributed by atoms with Crippen molar-refractivity contribution in [2.75, 3.05) is 36.5 Å². The van der Waals surface area contributed by atoms with Crippen LogP contribution in [0.3, 0.4) is 0 Å². The third-order valence-electron chi connectivity index (χ3n) is 6.22. The van der Waals surface area contributed by atoms with Gasteiger partial charge in [0.2, 0.25) is 5.95 Å². The van der Waals surface area contributed by atoms with E-state index < -0.39 is 0 Å². The van der Waals surface area contributed by atoms with E-state index in [0.29, 0.717) is 37.9 Å². The molecular formula is C27H26N6O. The van der Waals surface area contributed by atoms with Crippen LogP contribution in [-0.2, 0) is 17.8 Å². The van der Waals surface area contributed by atoms with Crippen molar-refractivity contribution in [3.63, 3.8) is 0 Å². The van der Waals surface area contributed by atoms with Gasteiger partial charge in [0.05, 0.1) is 19.5 Å². The molecule has 34 heavy (non-hydrogen) atoms. The summed E-state index contributed by atoms with van der Waals surface area (Å²) in [4.78, 5) is 16.6. The maximum absolute atomic E-state index is 5.51. The SMILES string of the molecule is c1ccc(CNc2nc(N3CCOCC3)nc3ncn(Cc4ccc5ccccc5c4)c23)cc1. The number of ether oxygens (including phenoxy) is 1. The second-order valence-electron chi connectivity index (χ2n) is 8.54. The molecule has 1 saturated heterocycles. The number of nitrogens with one attached hydrogen (secondary N) is 1. The Balaban J connectivity index is 1.37. The minimum Gasteiger partial charge on any atom is -0.378 e. The van der Waals surface area contributed by atoms with Crippen LogP contribution in [0.15, 0.2) is 79.1 Å². The molecule has 170 valence electrons. The molecule has 1 fully saturated rings. The maximum atomic E-state index is 5.51.